The number of hydrogen-bond acceptors (Lipinski definition) is 6. The molecule has 0 aliphatic heterocycles. The molecular weight excluding hydrogens is 436 g/mol. The van der Waals surface area contributed by atoms with Gasteiger partial charge in [0.2, 0.25) is 5.95 Å². The number of benzene rings is 2. The fourth-order valence-electron chi connectivity index (χ4n) is 3.24. The Balaban J connectivity index is 1.66. The molecule has 166 valence electrons. The molecule has 0 spiro atoms. The van der Waals surface area contributed by atoms with E-state index in [1.165, 1.54) is 11.0 Å². The van der Waals surface area contributed by atoms with Gasteiger partial charge >= 0.3 is 17.3 Å². The molecule has 1 aliphatic rings. The maximum absolute atomic E-state index is 13.0. The Hall–Kier alpha value is -3.59. The Morgan fingerprint density at radius 2 is 1.78 bits per heavy atom. The number of hydrogen-bond donors (Lipinski definition) is 2. The zero-order chi connectivity index (χ0) is 22.7. The number of nitrogens with zero attached hydrogens (tertiary/aromatic N) is 3. The van der Waals surface area contributed by atoms with Crippen LogP contribution < -0.4 is 21.4 Å². The molecule has 2 aromatic carbocycles. The SMILES string of the molecule is O=C(O)Cn1c(=O)nc(Nc2ccc(OC3CCC3)cc2)n(Cc2ccc(Cl)cc2)c1=O. The van der Waals surface area contributed by atoms with Crippen molar-refractivity contribution in [3.63, 3.8) is 0 Å². The average Bonchev–Trinajstić information content (AvgIpc) is 2.73. The van der Waals surface area contributed by atoms with Crippen molar-refractivity contribution in [2.24, 2.45) is 0 Å². The molecule has 9 nitrogen and oxygen atoms in total. The first-order valence-corrected chi connectivity index (χ1v) is 10.5. The Kier molecular flexibility index (Phi) is 6.27. The molecule has 1 saturated carbocycles. The largest absolute Gasteiger partial charge is 0.490 e. The average molecular weight is 457 g/mol. The van der Waals surface area contributed by atoms with E-state index in [0.29, 0.717) is 15.3 Å². The second kappa shape index (κ2) is 9.27. The van der Waals surface area contributed by atoms with Crippen LogP contribution in [0.15, 0.2) is 58.1 Å². The van der Waals surface area contributed by atoms with Crippen molar-refractivity contribution in [3.8, 4) is 5.75 Å². The number of rotatable bonds is 8. The lowest BCUT2D eigenvalue weighted by molar-refractivity contribution is -0.137. The smallest absolute Gasteiger partial charge is 0.355 e. The molecule has 10 heteroatoms. The van der Waals surface area contributed by atoms with Gasteiger partial charge in [0.15, 0.2) is 0 Å². The number of carbonyl (C=O) groups is 1. The van der Waals surface area contributed by atoms with Gasteiger partial charge in [-0.3, -0.25) is 9.36 Å². The zero-order valence-electron chi connectivity index (χ0n) is 17.0. The molecule has 1 heterocycles. The predicted molar refractivity (Wildman–Crippen MR) is 119 cm³/mol. The number of carboxylic acids is 1. The maximum atomic E-state index is 13.0. The first-order chi connectivity index (χ1) is 15.4. The van der Waals surface area contributed by atoms with E-state index in [-0.39, 0.29) is 18.6 Å². The third kappa shape index (κ3) is 5.00. The van der Waals surface area contributed by atoms with Crippen molar-refractivity contribution in [2.45, 2.75) is 38.5 Å². The van der Waals surface area contributed by atoms with Crippen LogP contribution in [-0.4, -0.2) is 31.3 Å². The summed E-state index contributed by atoms with van der Waals surface area (Å²) in [7, 11) is 0. The first kappa shape index (κ1) is 21.6. The normalized spacial score (nSPS) is 13.4. The molecule has 0 atom stereocenters. The lowest BCUT2D eigenvalue weighted by Crippen LogP contribution is -2.44. The van der Waals surface area contributed by atoms with Crippen molar-refractivity contribution >= 4 is 29.2 Å². The number of aliphatic carboxylic acids is 1. The number of anilines is 2. The summed E-state index contributed by atoms with van der Waals surface area (Å²) < 4.78 is 7.64. The Bertz CT molecular complexity index is 1230. The second-order valence-electron chi connectivity index (χ2n) is 7.51. The van der Waals surface area contributed by atoms with Crippen molar-refractivity contribution in [1.82, 2.24) is 14.1 Å². The molecule has 2 N–H and O–H groups in total. The molecule has 1 aliphatic carbocycles. The van der Waals surface area contributed by atoms with Gasteiger partial charge in [0, 0.05) is 10.7 Å². The molecule has 0 saturated heterocycles. The van der Waals surface area contributed by atoms with Crippen LogP contribution in [0.2, 0.25) is 5.02 Å². The molecule has 32 heavy (non-hydrogen) atoms. The highest BCUT2D eigenvalue weighted by molar-refractivity contribution is 6.30. The molecule has 0 radical (unpaired) electrons. The van der Waals surface area contributed by atoms with Gasteiger partial charge in [-0.2, -0.15) is 4.98 Å². The molecule has 3 aromatic rings. The highest BCUT2D eigenvalue weighted by atomic mass is 35.5. The van der Waals surface area contributed by atoms with Gasteiger partial charge in [0.05, 0.1) is 12.6 Å². The topological polar surface area (TPSA) is 115 Å². The third-order valence-electron chi connectivity index (χ3n) is 5.16. The Morgan fingerprint density at radius 1 is 1.09 bits per heavy atom. The minimum atomic E-state index is -1.31. The molecule has 4 rings (SSSR count). The summed E-state index contributed by atoms with van der Waals surface area (Å²) >= 11 is 5.93. The van der Waals surface area contributed by atoms with Crippen LogP contribution in [0.4, 0.5) is 11.6 Å². The van der Waals surface area contributed by atoms with E-state index in [9.17, 15) is 14.4 Å². The van der Waals surface area contributed by atoms with Crippen molar-refractivity contribution in [2.75, 3.05) is 5.32 Å². The molecule has 0 unspecified atom stereocenters. The number of carboxylic acid groups (broad SMARTS) is 1. The quantitative estimate of drug-likeness (QED) is 0.535. The summed E-state index contributed by atoms with van der Waals surface area (Å²) in [6.07, 6.45) is 3.53. The zero-order valence-corrected chi connectivity index (χ0v) is 17.8. The minimum Gasteiger partial charge on any atom is -0.490 e. The van der Waals surface area contributed by atoms with Gasteiger partial charge in [0.1, 0.15) is 12.3 Å². The first-order valence-electron chi connectivity index (χ1n) is 10.1. The summed E-state index contributed by atoms with van der Waals surface area (Å²) in [6.45, 7) is -0.715. The Morgan fingerprint density at radius 3 is 2.38 bits per heavy atom. The van der Waals surface area contributed by atoms with E-state index in [2.05, 4.69) is 10.3 Å². The van der Waals surface area contributed by atoms with Gasteiger partial charge in [-0.15, -0.1) is 0 Å². The van der Waals surface area contributed by atoms with Crippen molar-refractivity contribution in [3.05, 3.63) is 80.1 Å². The van der Waals surface area contributed by atoms with Gasteiger partial charge < -0.3 is 15.2 Å². The monoisotopic (exact) mass is 456 g/mol. The standard InChI is InChI=1S/C22H21ClN4O5/c23-15-6-4-14(5-7-15)12-26-20(25-21(30)27(22(26)31)13-19(28)29)24-16-8-10-18(11-9-16)32-17-2-1-3-17/h4-11,17H,1-3,12-13H2,(H,28,29)(H,24,25,30). The Labute approximate surface area is 187 Å². The third-order valence-corrected chi connectivity index (χ3v) is 5.41. The maximum Gasteiger partial charge on any atom is 0.355 e. The predicted octanol–water partition coefficient (Wildman–Crippen LogP) is 2.87. The van der Waals surface area contributed by atoms with Gasteiger partial charge in [-0.1, -0.05) is 23.7 Å². The van der Waals surface area contributed by atoms with E-state index < -0.39 is 23.9 Å². The van der Waals surface area contributed by atoms with Gasteiger partial charge in [0.25, 0.3) is 0 Å². The van der Waals surface area contributed by atoms with Crippen LogP contribution in [0.1, 0.15) is 24.8 Å². The summed E-state index contributed by atoms with van der Waals surface area (Å²) in [5, 5.41) is 12.6. The van der Waals surface area contributed by atoms with Crippen LogP contribution in [0, 0.1) is 0 Å². The molecule has 0 bridgehead atoms. The lowest BCUT2D eigenvalue weighted by Gasteiger charge is -2.26. The molecule has 1 fully saturated rings. The van der Waals surface area contributed by atoms with Gasteiger partial charge in [-0.25, -0.2) is 14.2 Å². The van der Waals surface area contributed by atoms with Crippen LogP contribution in [0.5, 0.6) is 5.75 Å². The minimum absolute atomic E-state index is 0.00394. The highest BCUT2D eigenvalue weighted by Gasteiger charge is 2.19. The number of ether oxygens (including phenoxy) is 1. The highest BCUT2D eigenvalue weighted by Crippen LogP contribution is 2.26. The van der Waals surface area contributed by atoms with E-state index in [1.54, 1.807) is 48.5 Å². The number of halogens is 1. The summed E-state index contributed by atoms with van der Waals surface area (Å²) in [4.78, 5) is 40.3. The van der Waals surface area contributed by atoms with E-state index in [1.807, 2.05) is 0 Å². The fraction of sp³-hybridized carbons (Fsp3) is 0.273. The van der Waals surface area contributed by atoms with E-state index >= 15 is 0 Å². The van der Waals surface area contributed by atoms with Crippen LogP contribution in [-0.2, 0) is 17.9 Å². The van der Waals surface area contributed by atoms with Gasteiger partial charge in [-0.05, 0) is 61.2 Å². The lowest BCUT2D eigenvalue weighted by atomic mass is 9.96. The summed E-state index contributed by atoms with van der Waals surface area (Å²) in [6, 6.07) is 13.9. The fourth-order valence-corrected chi connectivity index (χ4v) is 3.36. The van der Waals surface area contributed by atoms with Crippen LogP contribution in [0.25, 0.3) is 0 Å². The number of aromatic nitrogens is 3. The van der Waals surface area contributed by atoms with E-state index in [0.717, 1.165) is 24.2 Å². The molecule has 0 amide bonds. The van der Waals surface area contributed by atoms with Crippen molar-refractivity contribution in [1.29, 1.82) is 0 Å². The van der Waals surface area contributed by atoms with E-state index in [4.69, 9.17) is 21.4 Å². The molecular formula is C22H21ClN4O5. The number of nitrogens with one attached hydrogen (secondary N) is 1. The van der Waals surface area contributed by atoms with Crippen LogP contribution in [0.3, 0.4) is 0 Å². The van der Waals surface area contributed by atoms with Crippen molar-refractivity contribution < 1.29 is 14.6 Å². The summed E-state index contributed by atoms with van der Waals surface area (Å²) in [5.41, 5.74) is -0.406. The molecule has 1 aromatic heterocycles. The van der Waals surface area contributed by atoms with Crippen LogP contribution >= 0.6 is 11.6 Å². The second-order valence-corrected chi connectivity index (χ2v) is 7.95. The summed E-state index contributed by atoms with van der Waals surface area (Å²) in [5.74, 6) is -0.570.